The molecule has 0 rings (SSSR count). The van der Waals surface area contributed by atoms with Gasteiger partial charge in [-0.2, -0.15) is 11.8 Å². The number of aliphatic carboxylic acids is 2. The molecule has 0 radical (unpaired) electrons. The number of thioether (sulfide) groups is 1. The number of carboxylic acids is 2. The third-order valence-electron chi connectivity index (χ3n) is 9.75. The van der Waals surface area contributed by atoms with Crippen molar-refractivity contribution in [2.75, 3.05) is 18.6 Å². The molecule has 0 saturated heterocycles. The zero-order chi connectivity index (χ0) is 50.3. The van der Waals surface area contributed by atoms with Crippen LogP contribution in [0.5, 0.6) is 0 Å². The summed E-state index contributed by atoms with van der Waals surface area (Å²) in [5.41, 5.74) is 11.1. The number of nitrogens with two attached hydrogens (primary N) is 2. The Morgan fingerprint density at radius 3 is 1.32 bits per heavy atom. The maximum atomic E-state index is 13.5. The van der Waals surface area contributed by atoms with Gasteiger partial charge in [-0.25, -0.2) is 4.79 Å². The van der Waals surface area contributed by atoms with E-state index in [0.29, 0.717) is 5.75 Å². The predicted molar refractivity (Wildman–Crippen MR) is 237 cm³/mol. The largest absolute Gasteiger partial charge is 0.481 e. The monoisotopic (exact) mass is 946 g/mol. The van der Waals surface area contributed by atoms with Crippen LogP contribution in [0, 0.1) is 17.8 Å². The van der Waals surface area contributed by atoms with Crippen LogP contribution in [0.4, 0.5) is 0 Å². The van der Waals surface area contributed by atoms with E-state index in [0.717, 1.165) is 0 Å². The van der Waals surface area contributed by atoms with Crippen molar-refractivity contribution in [2.24, 2.45) is 29.2 Å². The summed E-state index contributed by atoms with van der Waals surface area (Å²) in [6.07, 6.45) is 0.101. The van der Waals surface area contributed by atoms with Crippen LogP contribution in [-0.4, -0.2) is 153 Å². The molecule has 0 aliphatic carbocycles. The van der Waals surface area contributed by atoms with Crippen LogP contribution >= 0.6 is 11.8 Å². The molecule has 0 unspecified atom stereocenters. The van der Waals surface area contributed by atoms with E-state index in [1.807, 2.05) is 13.8 Å². The van der Waals surface area contributed by atoms with Gasteiger partial charge in [0.1, 0.15) is 48.3 Å². The molecule has 0 bridgehead atoms. The van der Waals surface area contributed by atoms with Crippen molar-refractivity contribution in [1.29, 1.82) is 0 Å². The summed E-state index contributed by atoms with van der Waals surface area (Å²) in [5, 5.41) is 48.0. The maximum absolute atomic E-state index is 13.5. The molecule has 65 heavy (non-hydrogen) atoms. The topological polar surface area (TPSA) is 397 Å². The quantitative estimate of drug-likeness (QED) is 0.0321. The van der Waals surface area contributed by atoms with E-state index in [9.17, 15) is 68.1 Å². The Morgan fingerprint density at radius 1 is 0.508 bits per heavy atom. The number of hydrogen-bond acceptors (Lipinski definition) is 14. The summed E-state index contributed by atoms with van der Waals surface area (Å²) >= 11 is 1.29. The van der Waals surface area contributed by atoms with Gasteiger partial charge in [0.15, 0.2) is 0 Å². The summed E-state index contributed by atoms with van der Waals surface area (Å²) in [4.78, 5) is 140. The van der Waals surface area contributed by atoms with Crippen molar-refractivity contribution >= 4 is 76.9 Å². The highest BCUT2D eigenvalue weighted by molar-refractivity contribution is 7.98. The van der Waals surface area contributed by atoms with Gasteiger partial charge in [-0.3, -0.25) is 47.9 Å². The minimum atomic E-state index is -1.72. The summed E-state index contributed by atoms with van der Waals surface area (Å²) in [5.74, 6) is -11.2. The molecule has 24 nitrogen and oxygen atoms in total. The van der Waals surface area contributed by atoms with Crippen molar-refractivity contribution in [3.05, 3.63) is 0 Å². The average molecular weight is 947 g/mol. The minimum absolute atomic E-state index is 0.0261. The standard InChI is InChI=1S/C40H70N10O14S/c1-18(2)16-26(48-39(62)30(42)19(3)4)37(60)44-22(8)32(55)45-24(11-13-29(53)54)34(57)43-21(7)33(56)46-25(14-15-65-9)35(58)49-27(17-51)38(61)47-23(10-12-28(41)52)36(59)50-31(20(5)6)40(63)64/h18-27,30-31,51H,10-17,42H2,1-9H3,(H2,41,52)(H,43,57)(H,44,60)(H,45,55)(H,46,56)(H,47,61)(H,48,62)(H,49,58)(H,50,59)(H,53,54)(H,63,64)/t21-,22-,23-,24-,25-,26-,27-,30-,31-/m0/s1. The Morgan fingerprint density at radius 2 is 0.908 bits per heavy atom. The van der Waals surface area contributed by atoms with E-state index in [4.69, 9.17) is 11.5 Å². The SMILES string of the molecule is CSCC[C@H](NC(=O)[C@H](C)NC(=O)[C@H](CCC(=O)O)NC(=O)[C@H](C)NC(=O)[C@H](CC(C)C)NC(=O)[C@@H](N)C(C)C)C(=O)N[C@@H](CO)C(=O)N[C@@H](CCC(N)=O)C(=O)N[C@H](C(=O)O)C(C)C. The van der Waals surface area contributed by atoms with Crippen molar-refractivity contribution in [2.45, 2.75) is 148 Å². The summed E-state index contributed by atoms with van der Waals surface area (Å²) < 4.78 is 0. The van der Waals surface area contributed by atoms with Crippen molar-refractivity contribution < 1.29 is 68.1 Å². The molecule has 0 spiro atoms. The Kier molecular flexibility index (Phi) is 27.2. The van der Waals surface area contributed by atoms with E-state index in [2.05, 4.69) is 42.5 Å². The molecular formula is C40H70N10O14S. The number of rotatable bonds is 31. The number of carbonyl (C=O) groups excluding carboxylic acids is 9. The molecule has 0 aliphatic rings. The van der Waals surface area contributed by atoms with Crippen LogP contribution in [0.1, 0.15) is 93.9 Å². The Labute approximate surface area is 382 Å². The number of nitrogens with one attached hydrogen (secondary N) is 8. The molecule has 0 heterocycles. The highest BCUT2D eigenvalue weighted by Crippen LogP contribution is 2.10. The van der Waals surface area contributed by atoms with Gasteiger partial charge < -0.3 is 69.3 Å². The number of amides is 9. The second-order valence-corrected chi connectivity index (χ2v) is 17.6. The van der Waals surface area contributed by atoms with Crippen LogP contribution in [-0.2, 0) is 52.7 Å². The minimum Gasteiger partial charge on any atom is -0.481 e. The molecule has 0 aromatic carbocycles. The van der Waals surface area contributed by atoms with Gasteiger partial charge in [-0.05, 0) is 69.3 Å². The van der Waals surface area contributed by atoms with Crippen LogP contribution in [0.2, 0.25) is 0 Å². The number of carboxylic acid groups (broad SMARTS) is 2. The molecular weight excluding hydrogens is 877 g/mol. The molecule has 25 heteroatoms. The first kappa shape index (κ1) is 59.4. The van der Waals surface area contributed by atoms with Crippen molar-refractivity contribution in [3.63, 3.8) is 0 Å². The number of carbonyl (C=O) groups is 11. The molecule has 9 amide bonds. The van der Waals surface area contributed by atoms with E-state index in [-0.39, 0.29) is 31.1 Å². The molecule has 0 saturated carbocycles. The summed E-state index contributed by atoms with van der Waals surface area (Å²) in [7, 11) is 0. The second-order valence-electron chi connectivity index (χ2n) is 16.6. The van der Waals surface area contributed by atoms with Crippen LogP contribution in [0.3, 0.4) is 0 Å². The zero-order valence-electron chi connectivity index (χ0n) is 38.5. The van der Waals surface area contributed by atoms with Crippen LogP contribution in [0.15, 0.2) is 0 Å². The van der Waals surface area contributed by atoms with Crippen LogP contribution in [0.25, 0.3) is 0 Å². The molecule has 15 N–H and O–H groups in total. The number of primary amides is 1. The summed E-state index contributed by atoms with van der Waals surface area (Å²) in [6, 6.07) is -12.2. The highest BCUT2D eigenvalue weighted by Gasteiger charge is 2.34. The lowest BCUT2D eigenvalue weighted by Crippen LogP contribution is -2.60. The maximum Gasteiger partial charge on any atom is 0.326 e. The normalized spacial score (nSPS) is 15.4. The zero-order valence-corrected chi connectivity index (χ0v) is 39.3. The van der Waals surface area contributed by atoms with E-state index >= 15 is 0 Å². The fraction of sp³-hybridized carbons (Fsp3) is 0.725. The molecule has 0 fully saturated rings. The lowest BCUT2D eigenvalue weighted by Gasteiger charge is -2.27. The smallest absolute Gasteiger partial charge is 0.326 e. The predicted octanol–water partition coefficient (Wildman–Crippen LogP) is -3.45. The van der Waals surface area contributed by atoms with Gasteiger partial charge in [0, 0.05) is 12.8 Å². The molecule has 0 aliphatic heterocycles. The van der Waals surface area contributed by atoms with Gasteiger partial charge in [-0.15, -0.1) is 0 Å². The fourth-order valence-corrected chi connectivity index (χ4v) is 6.20. The van der Waals surface area contributed by atoms with Gasteiger partial charge in [0.25, 0.3) is 0 Å². The number of aliphatic hydroxyl groups is 1. The van der Waals surface area contributed by atoms with Crippen molar-refractivity contribution in [3.8, 4) is 0 Å². The molecule has 9 atom stereocenters. The Balaban J connectivity index is 6.03. The number of aliphatic hydroxyl groups excluding tert-OH is 1. The molecule has 370 valence electrons. The molecule has 0 aromatic heterocycles. The Bertz CT molecular complexity index is 1680. The molecule has 0 aromatic rings. The first-order valence-electron chi connectivity index (χ1n) is 21.2. The highest BCUT2D eigenvalue weighted by atomic mass is 32.2. The van der Waals surface area contributed by atoms with Gasteiger partial charge in [0.2, 0.25) is 53.2 Å². The van der Waals surface area contributed by atoms with Gasteiger partial charge in [-0.1, -0.05) is 41.5 Å². The van der Waals surface area contributed by atoms with Gasteiger partial charge >= 0.3 is 11.9 Å². The lowest BCUT2D eigenvalue weighted by molar-refractivity contribution is -0.143. The Hall–Kier alpha value is -5.56. The summed E-state index contributed by atoms with van der Waals surface area (Å²) in [6.45, 7) is 11.7. The first-order chi connectivity index (χ1) is 30.2. The third-order valence-corrected chi connectivity index (χ3v) is 10.4. The van der Waals surface area contributed by atoms with E-state index in [1.54, 1.807) is 20.1 Å². The fourth-order valence-electron chi connectivity index (χ4n) is 5.73. The number of hydrogen-bond donors (Lipinski definition) is 13. The van der Waals surface area contributed by atoms with Gasteiger partial charge in [0.05, 0.1) is 12.6 Å². The first-order valence-corrected chi connectivity index (χ1v) is 22.6. The lowest BCUT2D eigenvalue weighted by atomic mass is 10.0. The van der Waals surface area contributed by atoms with E-state index in [1.165, 1.54) is 39.5 Å². The second kappa shape index (κ2) is 29.8. The average Bonchev–Trinajstić information content (AvgIpc) is 3.21. The van der Waals surface area contributed by atoms with Crippen LogP contribution < -0.4 is 54.0 Å². The van der Waals surface area contributed by atoms with Crippen molar-refractivity contribution in [1.82, 2.24) is 42.5 Å². The van der Waals surface area contributed by atoms with E-state index < -0.39 is 151 Å². The third kappa shape index (κ3) is 22.8.